The van der Waals surface area contributed by atoms with Gasteiger partial charge in [-0.25, -0.2) is 4.39 Å². The number of hydrogen-bond acceptors (Lipinski definition) is 3. The molecule has 4 rings (SSSR count). The van der Waals surface area contributed by atoms with E-state index in [9.17, 15) is 9.18 Å². The van der Waals surface area contributed by atoms with Gasteiger partial charge in [0.2, 0.25) is 5.91 Å². The van der Waals surface area contributed by atoms with Gasteiger partial charge >= 0.3 is 0 Å². The molecule has 0 bridgehead atoms. The van der Waals surface area contributed by atoms with Crippen LogP contribution in [0.1, 0.15) is 19.4 Å². The number of fused-ring (bicyclic) bond motifs is 1. The predicted molar refractivity (Wildman–Crippen MR) is 127 cm³/mol. The van der Waals surface area contributed by atoms with E-state index in [0.717, 1.165) is 22.1 Å². The second kappa shape index (κ2) is 9.28. The van der Waals surface area contributed by atoms with Crippen LogP contribution in [0.25, 0.3) is 27.7 Å². The zero-order chi connectivity index (χ0) is 22.7. The fourth-order valence-electron chi connectivity index (χ4n) is 3.51. The van der Waals surface area contributed by atoms with Crippen LogP contribution in [-0.2, 0) is 4.79 Å². The van der Waals surface area contributed by atoms with Crippen LogP contribution >= 0.6 is 11.6 Å². The molecule has 4 nitrogen and oxygen atoms in total. The molecular weight excluding hydrogens is 429 g/mol. The minimum Gasteiger partial charge on any atom is -0.493 e. The van der Waals surface area contributed by atoms with Gasteiger partial charge in [0.05, 0.1) is 12.9 Å². The Morgan fingerprint density at radius 1 is 1.16 bits per heavy atom. The Labute approximate surface area is 190 Å². The molecule has 32 heavy (non-hydrogen) atoms. The molecule has 0 saturated heterocycles. The number of allylic oxidation sites excluding steroid dienone is 1. The maximum absolute atomic E-state index is 13.4. The van der Waals surface area contributed by atoms with Crippen LogP contribution in [-0.4, -0.2) is 12.5 Å². The first kappa shape index (κ1) is 21.7. The van der Waals surface area contributed by atoms with E-state index in [0.29, 0.717) is 34.2 Å². The van der Waals surface area contributed by atoms with Crippen molar-refractivity contribution in [3.05, 3.63) is 89.4 Å². The summed E-state index contributed by atoms with van der Waals surface area (Å²) < 4.78 is 25.0. The monoisotopic (exact) mass is 449 g/mol. The molecule has 162 valence electrons. The second-order valence-corrected chi connectivity index (χ2v) is 7.70. The SMILES string of the molecule is CCOc1cc2occ(-c3ccc(Cl)cc3)c2cc1/C(C)=C/C(=O)Nc1cccc(F)c1. The summed E-state index contributed by atoms with van der Waals surface area (Å²) in [5, 5.41) is 4.23. The lowest BCUT2D eigenvalue weighted by atomic mass is 9.99. The standard InChI is InChI=1S/C26H21ClFNO3/c1-3-31-24-14-25-22(23(15-32-25)17-7-9-18(27)10-8-17)13-21(24)16(2)11-26(30)29-20-6-4-5-19(28)12-20/h4-15H,3H2,1-2H3,(H,29,30)/b16-11+. The maximum Gasteiger partial charge on any atom is 0.248 e. The van der Waals surface area contributed by atoms with Gasteiger partial charge in [-0.05, 0) is 61.4 Å². The van der Waals surface area contributed by atoms with Crippen molar-refractivity contribution in [2.75, 3.05) is 11.9 Å². The van der Waals surface area contributed by atoms with Crippen LogP contribution in [0.5, 0.6) is 5.75 Å². The molecule has 1 amide bonds. The molecule has 3 aromatic carbocycles. The molecule has 1 aromatic heterocycles. The largest absolute Gasteiger partial charge is 0.493 e. The van der Waals surface area contributed by atoms with Gasteiger partial charge in [0, 0.05) is 39.4 Å². The molecule has 0 spiro atoms. The Morgan fingerprint density at radius 2 is 1.94 bits per heavy atom. The highest BCUT2D eigenvalue weighted by Gasteiger charge is 2.15. The van der Waals surface area contributed by atoms with E-state index in [2.05, 4.69) is 5.32 Å². The number of carbonyl (C=O) groups is 1. The molecule has 0 aliphatic carbocycles. The van der Waals surface area contributed by atoms with Gasteiger partial charge in [-0.1, -0.05) is 29.8 Å². The molecule has 4 aromatic rings. The third-order valence-electron chi connectivity index (χ3n) is 5.00. The van der Waals surface area contributed by atoms with Gasteiger partial charge in [-0.15, -0.1) is 0 Å². The number of anilines is 1. The Kier molecular flexibility index (Phi) is 6.28. The van der Waals surface area contributed by atoms with Gasteiger partial charge in [0.25, 0.3) is 0 Å². The second-order valence-electron chi connectivity index (χ2n) is 7.26. The first-order chi connectivity index (χ1) is 15.4. The molecule has 1 N–H and O–H groups in total. The Hall–Kier alpha value is -3.57. The number of ether oxygens (including phenoxy) is 1. The van der Waals surface area contributed by atoms with Crippen LogP contribution in [0.3, 0.4) is 0 Å². The number of halogens is 2. The van der Waals surface area contributed by atoms with Gasteiger partial charge in [-0.2, -0.15) is 0 Å². The molecule has 0 fully saturated rings. The molecular formula is C26H21ClFNO3. The lowest BCUT2D eigenvalue weighted by Crippen LogP contribution is -2.09. The van der Waals surface area contributed by atoms with Crippen LogP contribution < -0.4 is 10.1 Å². The highest BCUT2D eigenvalue weighted by molar-refractivity contribution is 6.30. The Morgan fingerprint density at radius 3 is 2.66 bits per heavy atom. The highest BCUT2D eigenvalue weighted by Crippen LogP contribution is 2.37. The number of carbonyl (C=O) groups excluding carboxylic acids is 1. The van der Waals surface area contributed by atoms with E-state index in [1.54, 1.807) is 18.4 Å². The first-order valence-electron chi connectivity index (χ1n) is 10.1. The van der Waals surface area contributed by atoms with Crippen molar-refractivity contribution in [2.45, 2.75) is 13.8 Å². The van der Waals surface area contributed by atoms with Crippen molar-refractivity contribution in [2.24, 2.45) is 0 Å². The van der Waals surface area contributed by atoms with Crippen molar-refractivity contribution in [1.29, 1.82) is 0 Å². The first-order valence-corrected chi connectivity index (χ1v) is 10.5. The summed E-state index contributed by atoms with van der Waals surface area (Å²) in [4.78, 5) is 12.5. The summed E-state index contributed by atoms with van der Waals surface area (Å²) in [6.45, 7) is 4.19. The summed E-state index contributed by atoms with van der Waals surface area (Å²) in [7, 11) is 0. The molecule has 0 unspecified atom stereocenters. The van der Waals surface area contributed by atoms with E-state index in [1.165, 1.54) is 18.2 Å². The minimum atomic E-state index is -0.415. The van der Waals surface area contributed by atoms with Crippen LogP contribution in [0.15, 0.2) is 77.4 Å². The average molecular weight is 450 g/mol. The minimum absolute atomic E-state index is 0.360. The number of nitrogens with one attached hydrogen (secondary N) is 1. The normalized spacial score (nSPS) is 11.6. The third kappa shape index (κ3) is 4.68. The molecule has 1 heterocycles. The number of rotatable bonds is 6. The molecule has 0 atom stereocenters. The van der Waals surface area contributed by atoms with Gasteiger partial charge in [-0.3, -0.25) is 4.79 Å². The van der Waals surface area contributed by atoms with E-state index in [1.807, 2.05) is 50.2 Å². The quantitative estimate of drug-likeness (QED) is 0.313. The third-order valence-corrected chi connectivity index (χ3v) is 5.25. The number of benzene rings is 3. The van der Waals surface area contributed by atoms with E-state index < -0.39 is 5.82 Å². The summed E-state index contributed by atoms with van der Waals surface area (Å²) in [5.41, 5.74) is 4.42. The zero-order valence-corrected chi connectivity index (χ0v) is 18.4. The van der Waals surface area contributed by atoms with Gasteiger partial charge in [0.15, 0.2) is 0 Å². The van der Waals surface area contributed by atoms with Crippen molar-refractivity contribution < 1.29 is 18.3 Å². The van der Waals surface area contributed by atoms with Crippen molar-refractivity contribution in [3.63, 3.8) is 0 Å². The molecule has 0 aliphatic rings. The van der Waals surface area contributed by atoms with Gasteiger partial charge in [0.1, 0.15) is 17.1 Å². The van der Waals surface area contributed by atoms with Crippen molar-refractivity contribution in [1.82, 2.24) is 0 Å². The van der Waals surface area contributed by atoms with Crippen molar-refractivity contribution in [3.8, 4) is 16.9 Å². The Balaban J connectivity index is 1.72. The zero-order valence-electron chi connectivity index (χ0n) is 17.6. The molecule has 0 saturated carbocycles. The lowest BCUT2D eigenvalue weighted by Gasteiger charge is -2.12. The predicted octanol–water partition coefficient (Wildman–Crippen LogP) is 7.33. The highest BCUT2D eigenvalue weighted by atomic mass is 35.5. The van der Waals surface area contributed by atoms with E-state index >= 15 is 0 Å². The van der Waals surface area contributed by atoms with Crippen LogP contribution in [0.2, 0.25) is 5.02 Å². The van der Waals surface area contributed by atoms with Crippen LogP contribution in [0, 0.1) is 5.82 Å². The molecule has 6 heteroatoms. The van der Waals surface area contributed by atoms with E-state index in [4.69, 9.17) is 20.8 Å². The van der Waals surface area contributed by atoms with E-state index in [-0.39, 0.29) is 5.91 Å². The number of furan rings is 1. The fraction of sp³-hybridized carbons (Fsp3) is 0.115. The Bertz CT molecular complexity index is 1310. The van der Waals surface area contributed by atoms with Crippen molar-refractivity contribution >= 4 is 39.7 Å². The number of amides is 1. The summed E-state index contributed by atoms with van der Waals surface area (Å²) in [6, 6.07) is 17.1. The number of hydrogen-bond donors (Lipinski definition) is 1. The fourth-order valence-corrected chi connectivity index (χ4v) is 3.64. The summed E-state index contributed by atoms with van der Waals surface area (Å²) >= 11 is 6.02. The van der Waals surface area contributed by atoms with Gasteiger partial charge < -0.3 is 14.5 Å². The van der Waals surface area contributed by atoms with Crippen LogP contribution in [0.4, 0.5) is 10.1 Å². The summed E-state index contributed by atoms with van der Waals surface area (Å²) in [6.07, 6.45) is 3.17. The maximum atomic E-state index is 13.4. The smallest absolute Gasteiger partial charge is 0.248 e. The summed E-state index contributed by atoms with van der Waals surface area (Å²) in [5.74, 6) is -0.160. The topological polar surface area (TPSA) is 51.5 Å². The average Bonchev–Trinajstić information content (AvgIpc) is 3.16. The lowest BCUT2D eigenvalue weighted by molar-refractivity contribution is -0.111. The molecule has 0 radical (unpaired) electrons. The molecule has 0 aliphatic heterocycles.